The largest absolute Gasteiger partial charge is 0.477 e. The Hall–Kier alpha value is -2.72. The summed E-state index contributed by atoms with van der Waals surface area (Å²) in [6.45, 7) is 2.07. The zero-order valence-corrected chi connectivity index (χ0v) is 13.6. The lowest BCUT2D eigenvalue weighted by Crippen LogP contribution is -2.29. The number of carboxylic acid groups (broad SMARTS) is 1. The summed E-state index contributed by atoms with van der Waals surface area (Å²) in [6.07, 6.45) is 0.931. The molecular weight excluding hydrogens is 336 g/mol. The maximum atomic E-state index is 12.1. The van der Waals surface area contributed by atoms with Crippen molar-refractivity contribution in [1.29, 1.82) is 0 Å². The molecular formula is C14H16N4O5S. The Kier molecular flexibility index (Phi) is 5.31. The SMILES string of the molecule is Cc1ccc(S(=O)(=O)NCCNc2ncc(C(=O)O)c(=O)[nH]2)cc1. The van der Waals surface area contributed by atoms with E-state index in [9.17, 15) is 18.0 Å². The lowest BCUT2D eigenvalue weighted by atomic mass is 10.2. The number of carboxylic acids is 1. The topological polar surface area (TPSA) is 141 Å². The highest BCUT2D eigenvalue weighted by atomic mass is 32.2. The number of sulfonamides is 1. The number of benzene rings is 1. The minimum absolute atomic E-state index is 0.0551. The molecule has 1 heterocycles. The molecule has 9 nitrogen and oxygen atoms in total. The van der Waals surface area contributed by atoms with Gasteiger partial charge in [0, 0.05) is 13.1 Å². The molecule has 0 spiro atoms. The maximum Gasteiger partial charge on any atom is 0.342 e. The third-order valence-electron chi connectivity index (χ3n) is 3.07. The fourth-order valence-corrected chi connectivity index (χ4v) is 2.84. The second-order valence-electron chi connectivity index (χ2n) is 4.92. The van der Waals surface area contributed by atoms with Gasteiger partial charge in [-0.2, -0.15) is 0 Å². The van der Waals surface area contributed by atoms with Gasteiger partial charge in [-0.1, -0.05) is 17.7 Å². The molecule has 2 rings (SSSR count). The highest BCUT2D eigenvalue weighted by molar-refractivity contribution is 7.89. The molecule has 0 aliphatic rings. The van der Waals surface area contributed by atoms with Crippen molar-refractivity contribution in [2.24, 2.45) is 0 Å². The first-order chi connectivity index (χ1) is 11.3. The van der Waals surface area contributed by atoms with Crippen LogP contribution in [-0.4, -0.2) is 42.6 Å². The number of aryl methyl sites for hydroxylation is 1. The minimum Gasteiger partial charge on any atom is -0.477 e. The van der Waals surface area contributed by atoms with Crippen LogP contribution in [0.5, 0.6) is 0 Å². The first-order valence-electron chi connectivity index (χ1n) is 6.92. The number of hydrogen-bond donors (Lipinski definition) is 4. The molecule has 0 bridgehead atoms. The van der Waals surface area contributed by atoms with Gasteiger partial charge in [0.1, 0.15) is 5.56 Å². The van der Waals surface area contributed by atoms with E-state index in [-0.39, 0.29) is 23.9 Å². The van der Waals surface area contributed by atoms with Gasteiger partial charge in [0.25, 0.3) is 5.56 Å². The van der Waals surface area contributed by atoms with Gasteiger partial charge in [-0.05, 0) is 19.1 Å². The number of anilines is 1. The molecule has 0 saturated heterocycles. The number of carbonyl (C=O) groups is 1. The summed E-state index contributed by atoms with van der Waals surface area (Å²) in [5.41, 5.74) is -0.309. The van der Waals surface area contributed by atoms with Gasteiger partial charge in [0.05, 0.1) is 11.1 Å². The Morgan fingerprint density at radius 3 is 2.50 bits per heavy atom. The Morgan fingerprint density at radius 1 is 1.25 bits per heavy atom. The van der Waals surface area contributed by atoms with Gasteiger partial charge in [0.15, 0.2) is 0 Å². The number of hydrogen-bond acceptors (Lipinski definition) is 6. The zero-order valence-electron chi connectivity index (χ0n) is 12.7. The molecule has 0 amide bonds. The van der Waals surface area contributed by atoms with Crippen LogP contribution in [-0.2, 0) is 10.0 Å². The Bertz CT molecular complexity index is 890. The van der Waals surface area contributed by atoms with E-state index in [1.54, 1.807) is 12.1 Å². The van der Waals surface area contributed by atoms with Crippen LogP contribution in [0.15, 0.2) is 40.2 Å². The van der Waals surface area contributed by atoms with Crippen molar-refractivity contribution in [3.8, 4) is 0 Å². The van der Waals surface area contributed by atoms with E-state index < -0.39 is 27.1 Å². The summed E-state index contributed by atoms with van der Waals surface area (Å²) in [5.74, 6) is -1.32. The molecule has 2 aromatic rings. The van der Waals surface area contributed by atoms with E-state index in [2.05, 4.69) is 20.0 Å². The third kappa shape index (κ3) is 4.40. The van der Waals surface area contributed by atoms with E-state index in [1.807, 2.05) is 6.92 Å². The van der Waals surface area contributed by atoms with Crippen molar-refractivity contribution in [2.75, 3.05) is 18.4 Å². The average Bonchev–Trinajstić information content (AvgIpc) is 2.52. The number of H-pyrrole nitrogens is 1. The van der Waals surface area contributed by atoms with E-state index in [1.165, 1.54) is 12.1 Å². The third-order valence-corrected chi connectivity index (χ3v) is 4.55. The molecule has 4 N–H and O–H groups in total. The maximum absolute atomic E-state index is 12.1. The van der Waals surface area contributed by atoms with Gasteiger partial charge in [-0.25, -0.2) is 22.9 Å². The predicted molar refractivity (Wildman–Crippen MR) is 86.7 cm³/mol. The number of nitrogens with zero attached hydrogens (tertiary/aromatic N) is 1. The molecule has 0 aliphatic heterocycles. The molecule has 10 heteroatoms. The molecule has 0 atom stereocenters. The Balaban J connectivity index is 1.91. The summed E-state index contributed by atoms with van der Waals surface area (Å²) >= 11 is 0. The van der Waals surface area contributed by atoms with E-state index in [0.29, 0.717) is 0 Å². The Morgan fingerprint density at radius 2 is 1.92 bits per heavy atom. The molecule has 1 aromatic heterocycles. The first-order valence-corrected chi connectivity index (χ1v) is 8.41. The predicted octanol–water partition coefficient (Wildman–Crippen LogP) is 0.167. The summed E-state index contributed by atoms with van der Waals surface area (Å²) in [6, 6.07) is 6.42. The van der Waals surface area contributed by atoms with Crippen molar-refractivity contribution in [1.82, 2.24) is 14.7 Å². The molecule has 0 aliphatic carbocycles. The van der Waals surface area contributed by atoms with E-state index in [0.717, 1.165) is 11.8 Å². The van der Waals surface area contributed by atoms with Crippen LogP contribution >= 0.6 is 0 Å². The Labute approximate surface area is 137 Å². The van der Waals surface area contributed by atoms with Crippen molar-refractivity contribution in [3.05, 3.63) is 51.9 Å². The summed E-state index contributed by atoms with van der Waals surface area (Å²) in [7, 11) is -3.62. The molecule has 0 saturated carbocycles. The smallest absolute Gasteiger partial charge is 0.342 e. The van der Waals surface area contributed by atoms with E-state index >= 15 is 0 Å². The minimum atomic E-state index is -3.62. The molecule has 1 aromatic carbocycles. The lowest BCUT2D eigenvalue weighted by molar-refractivity contribution is 0.0694. The number of aromatic amines is 1. The zero-order chi connectivity index (χ0) is 17.7. The van der Waals surface area contributed by atoms with Crippen LogP contribution in [0.25, 0.3) is 0 Å². The van der Waals surface area contributed by atoms with Gasteiger partial charge >= 0.3 is 5.97 Å². The number of rotatable bonds is 7. The normalized spacial score (nSPS) is 11.2. The quantitative estimate of drug-likeness (QED) is 0.520. The highest BCUT2D eigenvalue weighted by Crippen LogP contribution is 2.09. The number of aromatic carboxylic acids is 1. The number of aromatic nitrogens is 2. The molecule has 0 radical (unpaired) electrons. The van der Waals surface area contributed by atoms with Gasteiger partial charge in [-0.3, -0.25) is 9.78 Å². The summed E-state index contributed by atoms with van der Waals surface area (Å²) in [4.78, 5) is 28.3. The average molecular weight is 352 g/mol. The van der Waals surface area contributed by atoms with Crippen LogP contribution in [0, 0.1) is 6.92 Å². The van der Waals surface area contributed by atoms with Crippen LogP contribution in [0.2, 0.25) is 0 Å². The van der Waals surface area contributed by atoms with Crippen molar-refractivity contribution in [3.63, 3.8) is 0 Å². The summed E-state index contributed by atoms with van der Waals surface area (Å²) in [5, 5.41) is 11.4. The lowest BCUT2D eigenvalue weighted by Gasteiger charge is -2.08. The molecule has 0 fully saturated rings. The summed E-state index contributed by atoms with van der Waals surface area (Å²) < 4.78 is 26.5. The monoisotopic (exact) mass is 352 g/mol. The highest BCUT2D eigenvalue weighted by Gasteiger charge is 2.13. The molecule has 128 valence electrons. The second kappa shape index (κ2) is 7.23. The van der Waals surface area contributed by atoms with Crippen LogP contribution in [0.1, 0.15) is 15.9 Å². The number of nitrogens with one attached hydrogen (secondary N) is 3. The van der Waals surface area contributed by atoms with Gasteiger partial charge in [-0.15, -0.1) is 0 Å². The fourth-order valence-electron chi connectivity index (χ4n) is 1.80. The van der Waals surface area contributed by atoms with Crippen LogP contribution < -0.4 is 15.6 Å². The van der Waals surface area contributed by atoms with Crippen LogP contribution in [0.3, 0.4) is 0 Å². The second-order valence-corrected chi connectivity index (χ2v) is 6.68. The van der Waals surface area contributed by atoms with Crippen molar-refractivity contribution in [2.45, 2.75) is 11.8 Å². The molecule has 0 unspecified atom stereocenters. The van der Waals surface area contributed by atoms with Crippen LogP contribution in [0.4, 0.5) is 5.95 Å². The standard InChI is InChI=1S/C14H16N4O5S/c1-9-2-4-10(5-3-9)24(22,23)17-7-6-15-14-16-8-11(13(20)21)12(19)18-14/h2-5,8,17H,6-7H2,1H3,(H,20,21)(H2,15,16,18,19). The van der Waals surface area contributed by atoms with Crippen molar-refractivity contribution < 1.29 is 18.3 Å². The van der Waals surface area contributed by atoms with E-state index in [4.69, 9.17) is 5.11 Å². The van der Waals surface area contributed by atoms with Gasteiger partial charge < -0.3 is 10.4 Å². The first kappa shape index (κ1) is 17.6. The van der Waals surface area contributed by atoms with Gasteiger partial charge in [0.2, 0.25) is 16.0 Å². The fraction of sp³-hybridized carbons (Fsp3) is 0.214. The molecule has 24 heavy (non-hydrogen) atoms. The van der Waals surface area contributed by atoms with Crippen molar-refractivity contribution >= 4 is 21.9 Å².